The lowest BCUT2D eigenvalue weighted by atomic mass is 10.1. The lowest BCUT2D eigenvalue weighted by molar-refractivity contribution is 0.620. The van der Waals surface area contributed by atoms with Crippen LogP contribution in [0.25, 0.3) is 0 Å². The Hall–Kier alpha value is -1.40. The molecule has 1 unspecified atom stereocenters. The summed E-state index contributed by atoms with van der Waals surface area (Å²) in [5.74, 6) is 0.161. The van der Waals surface area contributed by atoms with Gasteiger partial charge in [-0.1, -0.05) is 28.1 Å². The van der Waals surface area contributed by atoms with Gasteiger partial charge in [0.25, 0.3) is 0 Å². The van der Waals surface area contributed by atoms with E-state index >= 15 is 0 Å². The molecule has 3 nitrogen and oxygen atoms in total. The van der Waals surface area contributed by atoms with E-state index in [2.05, 4.69) is 36.9 Å². The Balaban J connectivity index is 2.07. The summed E-state index contributed by atoms with van der Waals surface area (Å²) >= 11 is 7.01. The van der Waals surface area contributed by atoms with E-state index in [1.807, 2.05) is 29.2 Å². The zero-order valence-corrected chi connectivity index (χ0v) is 14.1. The Morgan fingerprint density at radius 1 is 1.14 bits per heavy atom. The number of benzene rings is 2. The molecule has 2 aromatic rings. The fourth-order valence-electron chi connectivity index (χ4n) is 2.44. The monoisotopic (exact) mass is 411 g/mol. The largest absolute Gasteiger partial charge is 0.369 e. The highest BCUT2D eigenvalue weighted by molar-refractivity contribution is 9.11. The number of hydrogen-bond acceptors (Lipinski definition) is 3. The normalized spacial score (nSPS) is 18.0. The van der Waals surface area contributed by atoms with E-state index in [-0.39, 0.29) is 11.9 Å². The van der Waals surface area contributed by atoms with Crippen LogP contribution in [-0.4, -0.2) is 12.5 Å². The number of halogens is 3. The van der Waals surface area contributed by atoms with Crippen molar-refractivity contribution in [3.63, 3.8) is 0 Å². The van der Waals surface area contributed by atoms with Crippen molar-refractivity contribution >= 4 is 43.5 Å². The topological polar surface area (TPSA) is 41.6 Å². The minimum Gasteiger partial charge on any atom is -0.369 e. The van der Waals surface area contributed by atoms with Gasteiger partial charge in [0.05, 0.1) is 18.3 Å². The van der Waals surface area contributed by atoms with Crippen molar-refractivity contribution in [1.29, 1.82) is 0 Å². The molecule has 0 radical (unpaired) electrons. The number of anilines is 1. The van der Waals surface area contributed by atoms with Gasteiger partial charge in [-0.05, 0) is 51.8 Å². The van der Waals surface area contributed by atoms with Crippen LogP contribution < -0.4 is 10.6 Å². The van der Waals surface area contributed by atoms with Crippen molar-refractivity contribution in [2.24, 2.45) is 10.7 Å². The highest BCUT2D eigenvalue weighted by Crippen LogP contribution is 2.38. The first-order chi connectivity index (χ1) is 10.1. The van der Waals surface area contributed by atoms with Crippen LogP contribution in [0.2, 0.25) is 0 Å². The summed E-state index contributed by atoms with van der Waals surface area (Å²) in [4.78, 5) is 6.24. The summed E-state index contributed by atoms with van der Waals surface area (Å²) in [7, 11) is 0. The molecule has 21 heavy (non-hydrogen) atoms. The van der Waals surface area contributed by atoms with Crippen molar-refractivity contribution in [3.05, 3.63) is 62.8 Å². The lowest BCUT2D eigenvalue weighted by Crippen LogP contribution is -2.36. The van der Waals surface area contributed by atoms with E-state index in [9.17, 15) is 4.39 Å². The number of hydrogen-bond donors (Lipinski definition) is 1. The maximum atomic E-state index is 13.6. The predicted molar refractivity (Wildman–Crippen MR) is 90.0 cm³/mol. The first kappa shape index (κ1) is 14.5. The molecule has 0 aromatic heterocycles. The zero-order chi connectivity index (χ0) is 15.0. The second kappa shape index (κ2) is 5.77. The molecule has 0 spiro atoms. The molecule has 1 aliphatic heterocycles. The van der Waals surface area contributed by atoms with Crippen LogP contribution in [0.4, 0.5) is 10.1 Å². The quantitative estimate of drug-likeness (QED) is 0.801. The van der Waals surface area contributed by atoms with Crippen molar-refractivity contribution in [1.82, 2.24) is 0 Å². The molecular formula is C15H12Br2FN3. The van der Waals surface area contributed by atoms with E-state index in [1.54, 1.807) is 6.07 Å². The number of nitrogens with two attached hydrogens (primary N) is 1. The van der Waals surface area contributed by atoms with Gasteiger partial charge in [0.15, 0.2) is 5.96 Å². The van der Waals surface area contributed by atoms with Gasteiger partial charge < -0.3 is 10.6 Å². The number of aliphatic imine (C=N–C) groups is 1. The van der Waals surface area contributed by atoms with Gasteiger partial charge in [-0.3, -0.25) is 4.99 Å². The number of para-hydroxylation sites is 1. The predicted octanol–water partition coefficient (Wildman–Crippen LogP) is 4.23. The van der Waals surface area contributed by atoms with E-state index in [0.717, 1.165) is 20.2 Å². The molecule has 0 saturated carbocycles. The molecule has 1 atom stereocenters. The van der Waals surface area contributed by atoms with Gasteiger partial charge in [0.2, 0.25) is 0 Å². The molecule has 0 fully saturated rings. The molecule has 2 N–H and O–H groups in total. The van der Waals surface area contributed by atoms with E-state index in [1.165, 1.54) is 12.1 Å². The molecular weight excluding hydrogens is 401 g/mol. The van der Waals surface area contributed by atoms with Gasteiger partial charge >= 0.3 is 0 Å². The standard InChI is InChI=1S/C15H12Br2FN3/c16-11-6-5-9(18)7-10(11)14-8-20-15(19)21(14)13-4-2-1-3-12(13)17/h1-7,14H,8H2,(H2,19,20). The molecule has 1 heterocycles. The Kier molecular flexibility index (Phi) is 3.99. The highest BCUT2D eigenvalue weighted by atomic mass is 79.9. The molecule has 0 bridgehead atoms. The Labute approximate surface area is 138 Å². The van der Waals surface area contributed by atoms with Crippen LogP contribution in [0.1, 0.15) is 11.6 Å². The van der Waals surface area contributed by atoms with Crippen LogP contribution >= 0.6 is 31.9 Å². The highest BCUT2D eigenvalue weighted by Gasteiger charge is 2.31. The number of nitrogens with zero attached hydrogens (tertiary/aromatic N) is 2. The minimum absolute atomic E-state index is 0.131. The third kappa shape index (κ3) is 2.70. The molecule has 108 valence electrons. The lowest BCUT2D eigenvalue weighted by Gasteiger charge is -2.28. The maximum Gasteiger partial charge on any atom is 0.196 e. The fraction of sp³-hybridized carbons (Fsp3) is 0.133. The summed E-state index contributed by atoms with van der Waals surface area (Å²) in [5.41, 5.74) is 7.78. The fourth-order valence-corrected chi connectivity index (χ4v) is 3.43. The van der Waals surface area contributed by atoms with Crippen molar-refractivity contribution in [3.8, 4) is 0 Å². The van der Waals surface area contributed by atoms with Gasteiger partial charge in [-0.15, -0.1) is 0 Å². The molecule has 0 amide bonds. The van der Waals surface area contributed by atoms with E-state index in [0.29, 0.717) is 12.5 Å². The Morgan fingerprint density at radius 2 is 1.90 bits per heavy atom. The second-order valence-electron chi connectivity index (χ2n) is 4.70. The van der Waals surface area contributed by atoms with Gasteiger partial charge in [0.1, 0.15) is 5.82 Å². The molecule has 6 heteroatoms. The summed E-state index contributed by atoms with van der Waals surface area (Å²) < 4.78 is 15.4. The number of guanidine groups is 1. The van der Waals surface area contributed by atoms with E-state index < -0.39 is 0 Å². The summed E-state index contributed by atoms with van der Waals surface area (Å²) in [5, 5.41) is 0. The SMILES string of the molecule is NC1=NCC(c2cc(F)ccc2Br)N1c1ccccc1Br. The van der Waals surface area contributed by atoms with Crippen LogP contribution in [0.15, 0.2) is 56.4 Å². The third-order valence-electron chi connectivity index (χ3n) is 3.41. The van der Waals surface area contributed by atoms with Crippen LogP contribution in [0, 0.1) is 5.82 Å². The van der Waals surface area contributed by atoms with E-state index in [4.69, 9.17) is 5.73 Å². The first-order valence-electron chi connectivity index (χ1n) is 6.36. The van der Waals surface area contributed by atoms with Crippen LogP contribution in [-0.2, 0) is 0 Å². The van der Waals surface area contributed by atoms with Crippen molar-refractivity contribution in [2.75, 3.05) is 11.4 Å². The smallest absolute Gasteiger partial charge is 0.196 e. The molecule has 1 aliphatic rings. The summed E-state index contributed by atoms with van der Waals surface area (Å²) in [6.45, 7) is 0.495. The third-order valence-corrected chi connectivity index (χ3v) is 4.81. The van der Waals surface area contributed by atoms with Crippen LogP contribution in [0.5, 0.6) is 0 Å². The average Bonchev–Trinajstić information content (AvgIpc) is 2.84. The van der Waals surface area contributed by atoms with Gasteiger partial charge in [0, 0.05) is 8.95 Å². The molecule has 3 rings (SSSR count). The van der Waals surface area contributed by atoms with Crippen LogP contribution in [0.3, 0.4) is 0 Å². The average molecular weight is 413 g/mol. The molecule has 0 saturated heterocycles. The minimum atomic E-state index is -0.272. The molecule has 0 aliphatic carbocycles. The zero-order valence-electron chi connectivity index (χ0n) is 10.9. The summed E-state index contributed by atoms with van der Waals surface area (Å²) in [6, 6.07) is 12.3. The first-order valence-corrected chi connectivity index (χ1v) is 7.95. The second-order valence-corrected chi connectivity index (χ2v) is 6.41. The summed E-state index contributed by atoms with van der Waals surface area (Å²) in [6.07, 6.45) is 0. The van der Waals surface area contributed by atoms with Gasteiger partial charge in [-0.25, -0.2) is 4.39 Å². The van der Waals surface area contributed by atoms with Crippen molar-refractivity contribution in [2.45, 2.75) is 6.04 Å². The number of rotatable bonds is 2. The molecule has 2 aromatic carbocycles. The van der Waals surface area contributed by atoms with Crippen molar-refractivity contribution < 1.29 is 4.39 Å². The van der Waals surface area contributed by atoms with Gasteiger partial charge in [-0.2, -0.15) is 0 Å². The Bertz CT molecular complexity index is 718. The Morgan fingerprint density at radius 3 is 2.67 bits per heavy atom. The maximum absolute atomic E-state index is 13.6.